The van der Waals surface area contributed by atoms with Crippen molar-refractivity contribution in [2.24, 2.45) is 0 Å². The Hall–Kier alpha value is -3.11. The van der Waals surface area contributed by atoms with E-state index >= 15 is 0 Å². The number of carbonyl (C=O) groups is 2. The van der Waals surface area contributed by atoms with Gasteiger partial charge in [0.25, 0.3) is 5.91 Å². The van der Waals surface area contributed by atoms with Gasteiger partial charge in [0.05, 0.1) is 24.7 Å². The number of hydrogen-bond donors (Lipinski definition) is 0. The van der Waals surface area contributed by atoms with Crippen molar-refractivity contribution in [2.45, 2.75) is 4.90 Å². The van der Waals surface area contributed by atoms with Gasteiger partial charge in [0.1, 0.15) is 0 Å². The number of rotatable bonds is 7. The summed E-state index contributed by atoms with van der Waals surface area (Å²) in [6.07, 6.45) is 0. The van der Waals surface area contributed by atoms with Gasteiger partial charge in [0, 0.05) is 26.2 Å². The highest BCUT2D eigenvalue weighted by molar-refractivity contribution is 7.89. The van der Waals surface area contributed by atoms with Crippen LogP contribution >= 0.6 is 0 Å². The van der Waals surface area contributed by atoms with Crippen LogP contribution in [-0.4, -0.2) is 76.5 Å². The predicted molar refractivity (Wildman–Crippen MR) is 112 cm³/mol. The molecule has 3 rings (SSSR count). The van der Waals surface area contributed by atoms with Crippen molar-refractivity contribution in [3.05, 3.63) is 54.1 Å². The van der Waals surface area contributed by atoms with Crippen LogP contribution in [0.25, 0.3) is 0 Å². The van der Waals surface area contributed by atoms with Crippen LogP contribution in [0.4, 0.5) is 0 Å². The van der Waals surface area contributed by atoms with E-state index in [1.54, 1.807) is 35.2 Å². The van der Waals surface area contributed by atoms with E-state index in [2.05, 4.69) is 4.74 Å². The number of amides is 1. The Morgan fingerprint density at radius 2 is 1.61 bits per heavy atom. The number of carbonyl (C=O) groups excluding carboxylic acids is 2. The van der Waals surface area contributed by atoms with Crippen LogP contribution in [0.15, 0.2) is 53.4 Å². The summed E-state index contributed by atoms with van der Waals surface area (Å²) in [5.74, 6) is -0.164. The molecule has 1 amide bonds. The topological polar surface area (TPSA) is 102 Å². The van der Waals surface area contributed by atoms with Crippen molar-refractivity contribution in [1.82, 2.24) is 9.21 Å². The van der Waals surface area contributed by atoms with Crippen LogP contribution in [0, 0.1) is 0 Å². The molecule has 1 fully saturated rings. The molecule has 0 unspecified atom stereocenters. The van der Waals surface area contributed by atoms with Gasteiger partial charge in [-0.15, -0.1) is 0 Å². The highest BCUT2D eigenvalue weighted by Gasteiger charge is 2.30. The summed E-state index contributed by atoms with van der Waals surface area (Å²) >= 11 is 0. The molecule has 0 radical (unpaired) electrons. The fourth-order valence-corrected chi connectivity index (χ4v) is 4.63. The van der Waals surface area contributed by atoms with Gasteiger partial charge in [-0.05, 0) is 30.3 Å². The zero-order valence-electron chi connectivity index (χ0n) is 17.3. The molecule has 0 aromatic heterocycles. The first-order chi connectivity index (χ1) is 14.9. The molecule has 10 heteroatoms. The van der Waals surface area contributed by atoms with E-state index in [1.165, 1.54) is 36.7 Å². The normalized spacial score (nSPS) is 14.7. The number of ether oxygens (including phenoxy) is 3. The van der Waals surface area contributed by atoms with Crippen molar-refractivity contribution < 1.29 is 32.2 Å². The van der Waals surface area contributed by atoms with Gasteiger partial charge < -0.3 is 19.1 Å². The van der Waals surface area contributed by atoms with Crippen LogP contribution < -0.4 is 9.47 Å². The van der Waals surface area contributed by atoms with E-state index in [9.17, 15) is 18.0 Å². The number of nitrogens with zero attached hydrogens (tertiary/aromatic N) is 2. The minimum atomic E-state index is -3.58. The summed E-state index contributed by atoms with van der Waals surface area (Å²) < 4.78 is 42.2. The molecular formula is C21H24N2O7S. The summed E-state index contributed by atoms with van der Waals surface area (Å²) in [6, 6.07) is 12.7. The number of esters is 1. The minimum absolute atomic E-state index is 0.208. The number of methoxy groups -OCH3 is 2. The monoisotopic (exact) mass is 448 g/mol. The lowest BCUT2D eigenvalue weighted by Crippen LogP contribution is -2.51. The summed E-state index contributed by atoms with van der Waals surface area (Å²) in [4.78, 5) is 26.0. The molecule has 31 heavy (non-hydrogen) atoms. The Kier molecular flexibility index (Phi) is 7.13. The molecule has 1 saturated heterocycles. The molecular weight excluding hydrogens is 424 g/mol. The SMILES string of the molecule is COC(=O)c1ccc(OCC(=O)N2CCN(S(=O)(=O)c3ccccc3)CC2)c(OC)c1. The largest absolute Gasteiger partial charge is 0.493 e. The molecule has 0 saturated carbocycles. The quantitative estimate of drug-likeness (QED) is 0.590. The minimum Gasteiger partial charge on any atom is -0.493 e. The summed E-state index contributed by atoms with van der Waals surface area (Å²) in [5.41, 5.74) is 0.300. The van der Waals surface area contributed by atoms with E-state index in [0.29, 0.717) is 17.1 Å². The summed E-state index contributed by atoms with van der Waals surface area (Å²) in [7, 11) is -0.870. The van der Waals surface area contributed by atoms with Gasteiger partial charge in [-0.3, -0.25) is 4.79 Å². The fraction of sp³-hybridized carbons (Fsp3) is 0.333. The van der Waals surface area contributed by atoms with Crippen molar-refractivity contribution in [2.75, 3.05) is 47.0 Å². The van der Waals surface area contributed by atoms with Gasteiger partial charge in [0.15, 0.2) is 18.1 Å². The second-order valence-electron chi connectivity index (χ2n) is 6.74. The molecule has 1 aliphatic heterocycles. The second kappa shape index (κ2) is 9.80. The lowest BCUT2D eigenvalue weighted by molar-refractivity contribution is -0.134. The van der Waals surface area contributed by atoms with Crippen LogP contribution in [0.5, 0.6) is 11.5 Å². The number of benzene rings is 2. The van der Waals surface area contributed by atoms with Crippen LogP contribution in [-0.2, 0) is 19.6 Å². The molecule has 0 aliphatic carbocycles. The standard InChI is InChI=1S/C21H24N2O7S/c1-28-19-14-16(21(25)29-2)8-9-18(19)30-15-20(24)22-10-12-23(13-11-22)31(26,27)17-6-4-3-5-7-17/h3-9,14H,10-13,15H2,1-2H3. The average Bonchev–Trinajstić information content (AvgIpc) is 2.82. The van der Waals surface area contributed by atoms with E-state index in [1.807, 2.05) is 0 Å². The lowest BCUT2D eigenvalue weighted by atomic mass is 10.2. The predicted octanol–water partition coefficient (Wildman–Crippen LogP) is 1.39. The molecule has 2 aromatic carbocycles. The molecule has 0 N–H and O–H groups in total. The first-order valence-electron chi connectivity index (χ1n) is 9.59. The van der Waals surface area contributed by atoms with E-state index in [4.69, 9.17) is 9.47 Å². The van der Waals surface area contributed by atoms with Gasteiger partial charge >= 0.3 is 5.97 Å². The highest BCUT2D eigenvalue weighted by atomic mass is 32.2. The summed E-state index contributed by atoms with van der Waals surface area (Å²) in [6.45, 7) is 0.721. The number of hydrogen-bond acceptors (Lipinski definition) is 7. The van der Waals surface area contributed by atoms with Crippen molar-refractivity contribution in [3.8, 4) is 11.5 Å². The zero-order valence-corrected chi connectivity index (χ0v) is 18.1. The number of sulfonamides is 1. The third-order valence-electron chi connectivity index (χ3n) is 4.91. The van der Waals surface area contributed by atoms with Gasteiger partial charge in [0.2, 0.25) is 10.0 Å². The molecule has 1 aliphatic rings. The Morgan fingerprint density at radius 1 is 0.935 bits per heavy atom. The Labute approximate surface area is 181 Å². The third kappa shape index (κ3) is 5.15. The molecule has 1 heterocycles. The smallest absolute Gasteiger partial charge is 0.337 e. The van der Waals surface area contributed by atoms with Crippen molar-refractivity contribution in [1.29, 1.82) is 0 Å². The lowest BCUT2D eigenvalue weighted by Gasteiger charge is -2.34. The van der Waals surface area contributed by atoms with Crippen LogP contribution in [0.1, 0.15) is 10.4 Å². The van der Waals surface area contributed by atoms with Crippen LogP contribution in [0.2, 0.25) is 0 Å². The molecule has 0 bridgehead atoms. The summed E-state index contributed by atoms with van der Waals surface area (Å²) in [5, 5.41) is 0. The maximum Gasteiger partial charge on any atom is 0.337 e. The maximum atomic E-state index is 12.7. The zero-order chi connectivity index (χ0) is 22.4. The van der Waals surface area contributed by atoms with Gasteiger partial charge in [-0.25, -0.2) is 13.2 Å². The second-order valence-corrected chi connectivity index (χ2v) is 8.68. The van der Waals surface area contributed by atoms with Crippen LogP contribution in [0.3, 0.4) is 0 Å². The molecule has 0 spiro atoms. The third-order valence-corrected chi connectivity index (χ3v) is 6.82. The van der Waals surface area contributed by atoms with Gasteiger partial charge in [-0.2, -0.15) is 4.31 Å². The number of piperazine rings is 1. The molecule has 2 aromatic rings. The molecule has 0 atom stereocenters. The van der Waals surface area contributed by atoms with E-state index < -0.39 is 16.0 Å². The first kappa shape index (κ1) is 22.6. The first-order valence-corrected chi connectivity index (χ1v) is 11.0. The Bertz CT molecular complexity index is 1030. The fourth-order valence-electron chi connectivity index (χ4n) is 3.18. The Balaban J connectivity index is 1.57. The van der Waals surface area contributed by atoms with E-state index in [-0.39, 0.29) is 43.6 Å². The average molecular weight is 448 g/mol. The molecule has 166 valence electrons. The molecule has 9 nitrogen and oxygen atoms in total. The highest BCUT2D eigenvalue weighted by Crippen LogP contribution is 2.28. The maximum absolute atomic E-state index is 12.7. The van der Waals surface area contributed by atoms with E-state index in [0.717, 1.165) is 0 Å². The van der Waals surface area contributed by atoms with Crippen molar-refractivity contribution >= 4 is 21.9 Å². The Morgan fingerprint density at radius 3 is 2.23 bits per heavy atom. The van der Waals surface area contributed by atoms with Crippen molar-refractivity contribution in [3.63, 3.8) is 0 Å². The van der Waals surface area contributed by atoms with Gasteiger partial charge in [-0.1, -0.05) is 18.2 Å².